The van der Waals surface area contributed by atoms with E-state index in [9.17, 15) is 9.59 Å². The summed E-state index contributed by atoms with van der Waals surface area (Å²) in [6, 6.07) is -0.913. The van der Waals surface area contributed by atoms with Crippen molar-refractivity contribution in [3.05, 3.63) is 0 Å². The van der Waals surface area contributed by atoms with Crippen molar-refractivity contribution in [3.63, 3.8) is 0 Å². The van der Waals surface area contributed by atoms with E-state index in [0.29, 0.717) is 0 Å². The highest BCUT2D eigenvalue weighted by molar-refractivity contribution is 6.36. The van der Waals surface area contributed by atoms with Crippen LogP contribution in [0.15, 0.2) is 5.10 Å². The predicted molar refractivity (Wildman–Crippen MR) is 33.5 cm³/mol. The number of rotatable bonds is 1. The van der Waals surface area contributed by atoms with Crippen LogP contribution in [0.2, 0.25) is 0 Å². The fourth-order valence-corrected chi connectivity index (χ4v) is 0.170. The predicted octanol–water partition coefficient (Wildman–Crippen LogP) is -2.59. The van der Waals surface area contributed by atoms with Crippen molar-refractivity contribution < 1.29 is 9.59 Å². The van der Waals surface area contributed by atoms with E-state index in [2.05, 4.69) is 16.6 Å². The molecule has 7 N–H and O–H groups in total. The third-order valence-corrected chi connectivity index (χ3v) is 0.539. The molecule has 0 atom stereocenters. The Kier molecular flexibility index (Phi) is 2.69. The summed E-state index contributed by atoms with van der Waals surface area (Å²) in [5, 5.41) is 3.02. The molecule has 0 aliphatic rings. The van der Waals surface area contributed by atoms with Crippen LogP contribution in [-0.2, 0) is 4.79 Å². The maximum atomic E-state index is 10.1. The Hall–Kier alpha value is -1.79. The Labute approximate surface area is 56.2 Å². The van der Waals surface area contributed by atoms with Crippen LogP contribution in [-0.4, -0.2) is 17.8 Å². The Morgan fingerprint density at radius 3 is 2.00 bits per heavy atom. The van der Waals surface area contributed by atoms with Crippen molar-refractivity contribution >= 4 is 17.8 Å². The number of nitrogens with one attached hydrogen (secondary N) is 1. The van der Waals surface area contributed by atoms with Gasteiger partial charge in [-0.2, -0.15) is 0 Å². The zero-order chi connectivity index (χ0) is 8.15. The van der Waals surface area contributed by atoms with Crippen molar-refractivity contribution in [1.29, 1.82) is 0 Å². The highest BCUT2D eigenvalue weighted by Crippen LogP contribution is 1.62. The van der Waals surface area contributed by atoms with Gasteiger partial charge in [0.15, 0.2) is 0 Å². The average molecular weight is 145 g/mol. The summed E-state index contributed by atoms with van der Waals surface area (Å²) < 4.78 is 0. The minimum Gasteiger partial charge on any atom is -0.378 e. The summed E-state index contributed by atoms with van der Waals surface area (Å²) in [5.41, 5.74) is 15.8. The van der Waals surface area contributed by atoms with E-state index < -0.39 is 17.8 Å². The van der Waals surface area contributed by atoms with Crippen LogP contribution < -0.4 is 22.6 Å². The summed E-state index contributed by atoms with van der Waals surface area (Å²) >= 11 is 0. The van der Waals surface area contributed by atoms with Crippen molar-refractivity contribution in [3.8, 4) is 0 Å². The highest BCUT2D eigenvalue weighted by Gasteiger charge is 1.98. The van der Waals surface area contributed by atoms with Gasteiger partial charge in [-0.25, -0.2) is 10.2 Å². The van der Waals surface area contributed by atoms with Gasteiger partial charge in [-0.1, -0.05) is 0 Å². The van der Waals surface area contributed by atoms with Gasteiger partial charge >= 0.3 is 6.03 Å². The monoisotopic (exact) mass is 145 g/mol. The van der Waals surface area contributed by atoms with E-state index in [4.69, 9.17) is 5.73 Å². The molecule has 3 amide bonds. The molecular weight excluding hydrogens is 138 g/mol. The van der Waals surface area contributed by atoms with Crippen LogP contribution in [0.25, 0.3) is 0 Å². The molecule has 7 nitrogen and oxygen atoms in total. The molecule has 10 heavy (non-hydrogen) atoms. The number of amides is 3. The molecule has 0 saturated heterocycles. The number of hydrogen-bond donors (Lipinski definition) is 4. The first-order valence-electron chi connectivity index (χ1n) is 2.22. The Morgan fingerprint density at radius 2 is 1.70 bits per heavy atom. The molecule has 0 aromatic rings. The molecule has 56 valence electrons. The first kappa shape index (κ1) is 8.21. The zero-order valence-corrected chi connectivity index (χ0v) is 5.00. The summed E-state index contributed by atoms with van der Waals surface area (Å²) in [6.07, 6.45) is 0. The minimum atomic E-state index is -0.922. The molecule has 0 aromatic heterocycles. The van der Waals surface area contributed by atoms with Crippen LogP contribution in [0.3, 0.4) is 0 Å². The van der Waals surface area contributed by atoms with Crippen molar-refractivity contribution in [1.82, 2.24) is 5.43 Å². The van der Waals surface area contributed by atoms with Gasteiger partial charge in [-0.3, -0.25) is 4.79 Å². The molecule has 7 heteroatoms. The van der Waals surface area contributed by atoms with Gasteiger partial charge in [0.25, 0.3) is 5.91 Å². The number of hydrogen-bond acceptors (Lipinski definition) is 3. The van der Waals surface area contributed by atoms with E-state index in [1.54, 1.807) is 5.43 Å². The summed E-state index contributed by atoms with van der Waals surface area (Å²) in [4.78, 5) is 20.0. The topological polar surface area (TPSA) is 137 Å². The molecular formula is C3H7N5O2. The van der Waals surface area contributed by atoms with Gasteiger partial charge in [0.2, 0.25) is 5.84 Å². The largest absolute Gasteiger partial charge is 0.378 e. The van der Waals surface area contributed by atoms with Gasteiger partial charge in [-0.05, 0) is 0 Å². The second-order valence-corrected chi connectivity index (χ2v) is 1.34. The zero-order valence-electron chi connectivity index (χ0n) is 5.00. The van der Waals surface area contributed by atoms with Gasteiger partial charge < -0.3 is 17.2 Å². The second kappa shape index (κ2) is 3.28. The van der Waals surface area contributed by atoms with Crippen molar-refractivity contribution in [2.45, 2.75) is 0 Å². The molecule has 0 fully saturated rings. The van der Waals surface area contributed by atoms with E-state index in [1.165, 1.54) is 0 Å². The smallest absolute Gasteiger partial charge is 0.332 e. The molecule has 0 rings (SSSR count). The lowest BCUT2D eigenvalue weighted by Gasteiger charge is -1.92. The molecule has 0 radical (unpaired) electrons. The first-order valence-corrected chi connectivity index (χ1v) is 2.22. The Morgan fingerprint density at radius 1 is 1.20 bits per heavy atom. The molecule has 0 saturated carbocycles. The van der Waals surface area contributed by atoms with Crippen LogP contribution in [0, 0.1) is 0 Å². The maximum Gasteiger partial charge on any atom is 0.332 e. The molecule has 0 aliphatic heterocycles. The van der Waals surface area contributed by atoms with Crippen molar-refractivity contribution in [2.75, 3.05) is 0 Å². The number of hydrazone groups is 1. The van der Waals surface area contributed by atoms with Crippen LogP contribution in [0.4, 0.5) is 4.79 Å². The Bertz CT molecular complexity index is 185. The van der Waals surface area contributed by atoms with Gasteiger partial charge in [0, 0.05) is 0 Å². The Balaban J connectivity index is 3.92. The van der Waals surface area contributed by atoms with Crippen LogP contribution >= 0.6 is 0 Å². The standard InChI is InChI=1S/C3H7N5O2/c4-1(2(5)9)7-8-3(6)10/h(H2,4,7)(H2,5,9)(H3,6,8,10). The fraction of sp³-hybridized carbons (Fsp3) is 0. The number of primary amides is 2. The van der Waals surface area contributed by atoms with Gasteiger partial charge in [0.1, 0.15) is 0 Å². The van der Waals surface area contributed by atoms with E-state index in [1.807, 2.05) is 0 Å². The van der Waals surface area contributed by atoms with Gasteiger partial charge in [-0.15, -0.1) is 5.10 Å². The number of amidine groups is 1. The highest BCUT2D eigenvalue weighted by atomic mass is 16.2. The third kappa shape index (κ3) is 3.24. The average Bonchev–Trinajstić information content (AvgIpc) is 1.82. The summed E-state index contributed by atoms with van der Waals surface area (Å²) in [6.45, 7) is 0. The number of nitrogens with two attached hydrogens (primary N) is 3. The lowest BCUT2D eigenvalue weighted by molar-refractivity contribution is -0.112. The third-order valence-electron chi connectivity index (χ3n) is 0.539. The summed E-state index contributed by atoms with van der Waals surface area (Å²) in [5.74, 6) is -1.42. The van der Waals surface area contributed by atoms with Crippen LogP contribution in [0.1, 0.15) is 0 Å². The number of nitrogens with zero attached hydrogens (tertiary/aromatic N) is 1. The lowest BCUT2D eigenvalue weighted by atomic mass is 10.6. The first-order chi connectivity index (χ1) is 4.54. The van der Waals surface area contributed by atoms with E-state index >= 15 is 0 Å². The molecule has 0 unspecified atom stereocenters. The van der Waals surface area contributed by atoms with E-state index in [-0.39, 0.29) is 0 Å². The van der Waals surface area contributed by atoms with Gasteiger partial charge in [0.05, 0.1) is 0 Å². The normalized spacial score (nSPS) is 10.6. The summed E-state index contributed by atoms with van der Waals surface area (Å²) in [7, 11) is 0. The quantitative estimate of drug-likeness (QED) is 0.183. The molecule has 0 heterocycles. The minimum absolute atomic E-state index is 0.501. The number of carbonyl (C=O) groups excluding carboxylic acids is 2. The number of urea groups is 1. The molecule has 0 aromatic carbocycles. The maximum absolute atomic E-state index is 10.1. The molecule has 0 spiro atoms. The second-order valence-electron chi connectivity index (χ2n) is 1.34. The van der Waals surface area contributed by atoms with Crippen molar-refractivity contribution in [2.24, 2.45) is 22.3 Å². The van der Waals surface area contributed by atoms with E-state index in [0.717, 1.165) is 0 Å². The molecule has 0 bridgehead atoms. The van der Waals surface area contributed by atoms with Crippen LogP contribution in [0.5, 0.6) is 0 Å². The lowest BCUT2D eigenvalue weighted by Crippen LogP contribution is -2.35. The number of carbonyl (C=O) groups is 2. The fourth-order valence-electron chi connectivity index (χ4n) is 0.170. The molecule has 0 aliphatic carbocycles. The SMILES string of the molecule is NC(=O)N/N=C(\N)C(N)=O.